The summed E-state index contributed by atoms with van der Waals surface area (Å²) in [7, 11) is 3.28. The van der Waals surface area contributed by atoms with Gasteiger partial charge in [-0.2, -0.15) is 5.10 Å². The van der Waals surface area contributed by atoms with Crippen LogP contribution >= 0.6 is 23.2 Å². The Hall–Kier alpha value is -2.31. The number of carbonyl (C=O) groups is 2. The van der Waals surface area contributed by atoms with E-state index in [1.807, 2.05) is 6.92 Å². The van der Waals surface area contributed by atoms with Crippen LogP contribution in [-0.2, 0) is 11.3 Å². The molecule has 0 fully saturated rings. The molecule has 0 radical (unpaired) electrons. The van der Waals surface area contributed by atoms with Gasteiger partial charge < -0.3 is 10.2 Å². The SMILES string of the molecule is CCCCn1nc(C)c(C=CC(=O)Nc2ccc(Cl)c(C(=O)N(C)C)c2)c1Cl. The summed E-state index contributed by atoms with van der Waals surface area (Å²) < 4.78 is 1.75. The van der Waals surface area contributed by atoms with Gasteiger partial charge in [0.25, 0.3) is 5.91 Å². The number of rotatable bonds is 7. The molecule has 0 bridgehead atoms. The van der Waals surface area contributed by atoms with Crippen LogP contribution in [0.15, 0.2) is 24.3 Å². The first-order chi connectivity index (χ1) is 13.2. The Balaban J connectivity index is 2.14. The molecule has 1 aromatic carbocycles. The molecule has 0 unspecified atom stereocenters. The van der Waals surface area contributed by atoms with Crippen LogP contribution in [0.5, 0.6) is 0 Å². The standard InChI is InChI=1S/C20H24Cl2N4O2/c1-5-6-11-26-19(22)15(13(2)24-26)8-10-18(27)23-14-7-9-17(21)16(12-14)20(28)25(3)4/h7-10,12H,5-6,11H2,1-4H3,(H,23,27). The molecule has 2 aromatic rings. The number of aromatic nitrogens is 2. The summed E-state index contributed by atoms with van der Waals surface area (Å²) >= 11 is 12.5. The molecule has 0 saturated carbocycles. The van der Waals surface area contributed by atoms with E-state index in [1.54, 1.807) is 43.1 Å². The van der Waals surface area contributed by atoms with Gasteiger partial charge in [0.05, 0.1) is 16.3 Å². The fourth-order valence-corrected chi connectivity index (χ4v) is 3.08. The average Bonchev–Trinajstić information content (AvgIpc) is 2.92. The van der Waals surface area contributed by atoms with Crippen molar-refractivity contribution in [2.24, 2.45) is 0 Å². The lowest BCUT2D eigenvalue weighted by molar-refractivity contribution is -0.111. The Bertz CT molecular complexity index is 904. The predicted octanol–water partition coefficient (Wildman–Crippen LogP) is 4.65. The zero-order valence-corrected chi connectivity index (χ0v) is 17.9. The summed E-state index contributed by atoms with van der Waals surface area (Å²) in [5, 5.41) is 7.98. The second-order valence-corrected chi connectivity index (χ2v) is 7.35. The van der Waals surface area contributed by atoms with Gasteiger partial charge in [0.2, 0.25) is 5.91 Å². The van der Waals surface area contributed by atoms with E-state index in [0.29, 0.717) is 27.0 Å². The number of aryl methyl sites for hydroxylation is 2. The van der Waals surface area contributed by atoms with E-state index in [1.165, 1.54) is 11.0 Å². The number of nitrogens with one attached hydrogen (secondary N) is 1. The van der Waals surface area contributed by atoms with E-state index in [4.69, 9.17) is 23.2 Å². The molecule has 0 aliphatic rings. The maximum Gasteiger partial charge on any atom is 0.254 e. The molecule has 150 valence electrons. The van der Waals surface area contributed by atoms with Gasteiger partial charge >= 0.3 is 0 Å². The van der Waals surface area contributed by atoms with Gasteiger partial charge in [-0.05, 0) is 37.6 Å². The van der Waals surface area contributed by atoms with Crippen molar-refractivity contribution in [2.45, 2.75) is 33.2 Å². The molecule has 8 heteroatoms. The number of halogens is 2. The molecular formula is C20H24Cl2N4O2. The van der Waals surface area contributed by atoms with Crippen LogP contribution in [0.25, 0.3) is 6.08 Å². The number of benzene rings is 1. The largest absolute Gasteiger partial charge is 0.345 e. The van der Waals surface area contributed by atoms with Gasteiger partial charge in [0.1, 0.15) is 5.15 Å². The lowest BCUT2D eigenvalue weighted by atomic mass is 10.1. The number of nitrogens with zero attached hydrogens (tertiary/aromatic N) is 3. The summed E-state index contributed by atoms with van der Waals surface area (Å²) in [5.74, 6) is -0.583. The first kappa shape index (κ1) is 22.0. The summed E-state index contributed by atoms with van der Waals surface area (Å²) in [4.78, 5) is 25.9. The molecule has 2 rings (SSSR count). The highest BCUT2D eigenvalue weighted by molar-refractivity contribution is 6.34. The molecule has 0 spiro atoms. The molecule has 0 aliphatic heterocycles. The molecule has 6 nitrogen and oxygen atoms in total. The summed E-state index contributed by atoms with van der Waals surface area (Å²) in [6.45, 7) is 4.69. The second kappa shape index (κ2) is 9.75. The summed E-state index contributed by atoms with van der Waals surface area (Å²) in [5.41, 5.74) is 2.28. The lowest BCUT2D eigenvalue weighted by Gasteiger charge is -2.13. The summed E-state index contributed by atoms with van der Waals surface area (Å²) in [6.07, 6.45) is 5.06. The van der Waals surface area contributed by atoms with Gasteiger partial charge in [-0.1, -0.05) is 36.5 Å². The number of anilines is 1. The molecule has 0 saturated heterocycles. The number of amides is 2. The van der Waals surface area contributed by atoms with Gasteiger partial charge in [-0.3, -0.25) is 14.3 Å². The Morgan fingerprint density at radius 3 is 2.64 bits per heavy atom. The Labute approximate surface area is 175 Å². The first-order valence-corrected chi connectivity index (χ1v) is 9.73. The highest BCUT2D eigenvalue weighted by Crippen LogP contribution is 2.23. The quantitative estimate of drug-likeness (QED) is 0.660. The van der Waals surface area contributed by atoms with Gasteiger partial charge in [0, 0.05) is 38.0 Å². The second-order valence-electron chi connectivity index (χ2n) is 6.58. The average molecular weight is 423 g/mol. The van der Waals surface area contributed by atoms with E-state index >= 15 is 0 Å². The van der Waals surface area contributed by atoms with Crippen molar-refractivity contribution in [1.82, 2.24) is 14.7 Å². The highest BCUT2D eigenvalue weighted by atomic mass is 35.5. The fraction of sp³-hybridized carbons (Fsp3) is 0.350. The molecular weight excluding hydrogens is 399 g/mol. The maximum absolute atomic E-state index is 12.3. The third-order valence-corrected chi connectivity index (χ3v) is 4.83. The van der Waals surface area contributed by atoms with E-state index in [0.717, 1.165) is 25.1 Å². The van der Waals surface area contributed by atoms with Crippen LogP contribution in [0.3, 0.4) is 0 Å². The normalized spacial score (nSPS) is 11.1. The smallest absolute Gasteiger partial charge is 0.254 e. The molecule has 0 atom stereocenters. The van der Waals surface area contributed by atoms with Gasteiger partial charge in [0.15, 0.2) is 0 Å². The number of carbonyl (C=O) groups excluding carboxylic acids is 2. The molecule has 1 aromatic heterocycles. The van der Waals surface area contributed by atoms with E-state index in [2.05, 4.69) is 17.3 Å². The molecule has 2 amide bonds. The van der Waals surface area contributed by atoms with Crippen molar-refractivity contribution in [3.8, 4) is 0 Å². The Kier molecular flexibility index (Phi) is 7.66. The first-order valence-electron chi connectivity index (χ1n) is 8.97. The van der Waals surface area contributed by atoms with Crippen molar-refractivity contribution in [3.05, 3.63) is 51.3 Å². The molecule has 1 N–H and O–H groups in total. The van der Waals surface area contributed by atoms with Crippen molar-refractivity contribution in [2.75, 3.05) is 19.4 Å². The zero-order chi connectivity index (χ0) is 20.8. The highest BCUT2D eigenvalue weighted by Gasteiger charge is 2.14. The Morgan fingerprint density at radius 1 is 1.29 bits per heavy atom. The van der Waals surface area contributed by atoms with Crippen LogP contribution in [-0.4, -0.2) is 40.6 Å². The van der Waals surface area contributed by atoms with Crippen LogP contribution in [0.2, 0.25) is 10.2 Å². The van der Waals surface area contributed by atoms with E-state index in [9.17, 15) is 9.59 Å². The maximum atomic E-state index is 12.3. The van der Waals surface area contributed by atoms with Crippen LogP contribution in [0.1, 0.15) is 41.4 Å². The van der Waals surface area contributed by atoms with Crippen molar-refractivity contribution in [1.29, 1.82) is 0 Å². The number of hydrogen-bond donors (Lipinski definition) is 1. The van der Waals surface area contributed by atoms with E-state index < -0.39 is 0 Å². The number of hydrogen-bond acceptors (Lipinski definition) is 3. The molecule has 1 heterocycles. The molecule has 0 aliphatic carbocycles. The van der Waals surface area contributed by atoms with Crippen molar-refractivity contribution in [3.63, 3.8) is 0 Å². The number of unbranched alkanes of at least 4 members (excludes halogenated alkanes) is 1. The third-order valence-electron chi connectivity index (χ3n) is 4.10. The summed E-state index contributed by atoms with van der Waals surface area (Å²) in [6, 6.07) is 4.77. The zero-order valence-electron chi connectivity index (χ0n) is 16.4. The monoisotopic (exact) mass is 422 g/mol. The van der Waals surface area contributed by atoms with Gasteiger partial charge in [-0.15, -0.1) is 0 Å². The third kappa shape index (κ3) is 5.36. The predicted molar refractivity (Wildman–Crippen MR) is 114 cm³/mol. The lowest BCUT2D eigenvalue weighted by Crippen LogP contribution is -2.22. The molecule has 28 heavy (non-hydrogen) atoms. The minimum absolute atomic E-state index is 0.237. The van der Waals surface area contributed by atoms with E-state index in [-0.39, 0.29) is 11.8 Å². The van der Waals surface area contributed by atoms with Crippen molar-refractivity contribution < 1.29 is 9.59 Å². The minimum Gasteiger partial charge on any atom is -0.345 e. The van der Waals surface area contributed by atoms with Crippen LogP contribution in [0.4, 0.5) is 5.69 Å². The van der Waals surface area contributed by atoms with Crippen molar-refractivity contribution >= 4 is 46.8 Å². The van der Waals surface area contributed by atoms with Crippen LogP contribution < -0.4 is 5.32 Å². The Morgan fingerprint density at radius 2 is 2.00 bits per heavy atom. The van der Waals surface area contributed by atoms with Crippen LogP contribution in [0, 0.1) is 6.92 Å². The topological polar surface area (TPSA) is 67.2 Å². The minimum atomic E-state index is -0.345. The fourth-order valence-electron chi connectivity index (χ4n) is 2.56. The van der Waals surface area contributed by atoms with Gasteiger partial charge in [-0.25, -0.2) is 0 Å².